The van der Waals surface area contributed by atoms with E-state index in [9.17, 15) is 5.11 Å². The molecule has 0 spiro atoms. The number of ether oxygens (including phenoxy) is 1. The number of halogens is 3. The second kappa shape index (κ2) is 5.68. The minimum atomic E-state index is -0.555. The lowest BCUT2D eigenvalue weighted by atomic mass is 9.95. The molecule has 0 bridgehead atoms. The summed E-state index contributed by atoms with van der Waals surface area (Å²) < 4.78 is 7.84. The highest BCUT2D eigenvalue weighted by atomic mass is 79.9. The van der Waals surface area contributed by atoms with Gasteiger partial charge in [0.1, 0.15) is 11.9 Å². The van der Waals surface area contributed by atoms with Gasteiger partial charge in [0.05, 0.1) is 6.10 Å². The highest BCUT2D eigenvalue weighted by molar-refractivity contribution is 9.10. The van der Waals surface area contributed by atoms with Crippen LogP contribution in [0.3, 0.4) is 0 Å². The van der Waals surface area contributed by atoms with Crippen LogP contribution in [-0.2, 0) is 0 Å². The van der Waals surface area contributed by atoms with Crippen LogP contribution in [0.4, 0.5) is 0 Å². The third kappa shape index (κ3) is 2.75. The molecule has 0 amide bonds. The van der Waals surface area contributed by atoms with Crippen molar-refractivity contribution in [1.82, 2.24) is 0 Å². The molecule has 2 aromatic rings. The monoisotopic (exact) mass is 416 g/mol. The lowest BCUT2D eigenvalue weighted by molar-refractivity contribution is 0.0657. The summed E-state index contributed by atoms with van der Waals surface area (Å²) in [5.74, 6) is 0.705. The standard InChI is InChI=1S/C15H11Br2ClO2/c16-8-2-4-14-11(5-8)13(19)7-15(20-14)10-3-1-9(17)6-12(10)18/h1-6,13,15,19H,7H2. The highest BCUT2D eigenvalue weighted by Gasteiger charge is 2.29. The van der Waals surface area contributed by atoms with E-state index in [4.69, 9.17) is 16.3 Å². The normalized spacial score (nSPS) is 21.2. The largest absolute Gasteiger partial charge is 0.485 e. The third-order valence-electron chi connectivity index (χ3n) is 3.35. The summed E-state index contributed by atoms with van der Waals surface area (Å²) >= 11 is 13.1. The topological polar surface area (TPSA) is 29.5 Å². The molecule has 1 heterocycles. The van der Waals surface area contributed by atoms with Crippen molar-refractivity contribution in [1.29, 1.82) is 0 Å². The van der Waals surface area contributed by atoms with Crippen LogP contribution < -0.4 is 4.74 Å². The van der Waals surface area contributed by atoms with Crippen LogP contribution in [0.25, 0.3) is 0 Å². The SMILES string of the molecule is OC1CC(c2ccc(Br)cc2Cl)Oc2ccc(Br)cc21. The fourth-order valence-corrected chi connectivity index (χ4v) is 3.55. The van der Waals surface area contributed by atoms with Crippen LogP contribution >= 0.6 is 43.5 Å². The summed E-state index contributed by atoms with van der Waals surface area (Å²) in [7, 11) is 0. The van der Waals surface area contributed by atoms with Crippen molar-refractivity contribution in [3.05, 3.63) is 61.5 Å². The van der Waals surface area contributed by atoms with Gasteiger partial charge in [-0.2, -0.15) is 0 Å². The Labute approximate surface area is 139 Å². The van der Waals surface area contributed by atoms with E-state index < -0.39 is 6.10 Å². The van der Waals surface area contributed by atoms with Crippen molar-refractivity contribution in [2.45, 2.75) is 18.6 Å². The van der Waals surface area contributed by atoms with Gasteiger partial charge >= 0.3 is 0 Å². The zero-order valence-corrected chi connectivity index (χ0v) is 14.2. The number of aliphatic hydroxyl groups excluding tert-OH is 1. The van der Waals surface area contributed by atoms with Crippen molar-refractivity contribution >= 4 is 43.5 Å². The number of rotatable bonds is 1. The third-order valence-corrected chi connectivity index (χ3v) is 4.66. The molecule has 1 N–H and O–H groups in total. The molecule has 0 aliphatic carbocycles. The molecule has 0 aromatic heterocycles. The quantitative estimate of drug-likeness (QED) is 0.670. The second-order valence-corrected chi connectivity index (χ2v) is 6.94. The zero-order valence-electron chi connectivity index (χ0n) is 10.3. The minimum Gasteiger partial charge on any atom is -0.485 e. The zero-order chi connectivity index (χ0) is 14.3. The predicted molar refractivity (Wildman–Crippen MR) is 86.2 cm³/mol. The van der Waals surface area contributed by atoms with Crippen LogP contribution in [0.5, 0.6) is 5.75 Å². The first-order chi connectivity index (χ1) is 9.54. The smallest absolute Gasteiger partial charge is 0.128 e. The molecule has 5 heteroatoms. The Morgan fingerprint density at radius 2 is 1.75 bits per heavy atom. The minimum absolute atomic E-state index is 0.237. The van der Waals surface area contributed by atoms with E-state index in [2.05, 4.69) is 31.9 Å². The fraction of sp³-hybridized carbons (Fsp3) is 0.200. The highest BCUT2D eigenvalue weighted by Crippen LogP contribution is 2.43. The predicted octanol–water partition coefficient (Wildman–Crippen LogP) is 5.42. The lowest BCUT2D eigenvalue weighted by Gasteiger charge is -2.30. The van der Waals surface area contributed by atoms with E-state index in [0.29, 0.717) is 17.2 Å². The Kier molecular flexibility index (Phi) is 4.09. The van der Waals surface area contributed by atoms with Gasteiger partial charge in [-0.1, -0.05) is 49.5 Å². The summed E-state index contributed by atoms with van der Waals surface area (Å²) in [5, 5.41) is 10.9. The molecule has 2 unspecified atom stereocenters. The molecule has 2 atom stereocenters. The first kappa shape index (κ1) is 14.4. The average Bonchev–Trinajstić information content (AvgIpc) is 2.39. The average molecular weight is 419 g/mol. The summed E-state index contributed by atoms with van der Waals surface area (Å²) in [6, 6.07) is 11.3. The summed E-state index contributed by atoms with van der Waals surface area (Å²) in [6.07, 6.45) is -0.301. The first-order valence-corrected chi connectivity index (χ1v) is 8.10. The molecule has 20 heavy (non-hydrogen) atoms. The maximum Gasteiger partial charge on any atom is 0.128 e. The number of benzene rings is 2. The van der Waals surface area contributed by atoms with E-state index in [1.165, 1.54) is 0 Å². The molecular weight excluding hydrogens is 407 g/mol. The number of hydrogen-bond donors (Lipinski definition) is 1. The van der Waals surface area contributed by atoms with E-state index in [-0.39, 0.29) is 6.10 Å². The molecular formula is C15H11Br2ClO2. The maximum absolute atomic E-state index is 10.3. The van der Waals surface area contributed by atoms with Gasteiger partial charge in [0, 0.05) is 31.5 Å². The van der Waals surface area contributed by atoms with Crippen molar-refractivity contribution in [3.8, 4) is 5.75 Å². The first-order valence-electron chi connectivity index (χ1n) is 6.13. The van der Waals surface area contributed by atoms with Gasteiger partial charge in [0.25, 0.3) is 0 Å². The van der Waals surface area contributed by atoms with Crippen molar-refractivity contribution in [2.75, 3.05) is 0 Å². The van der Waals surface area contributed by atoms with Gasteiger partial charge in [-0.3, -0.25) is 0 Å². The molecule has 0 saturated heterocycles. The molecule has 1 aliphatic heterocycles. The van der Waals surface area contributed by atoms with E-state index >= 15 is 0 Å². The van der Waals surface area contributed by atoms with E-state index in [1.807, 2.05) is 36.4 Å². The molecule has 0 saturated carbocycles. The molecule has 104 valence electrons. The Bertz CT molecular complexity index is 660. The molecule has 2 aromatic carbocycles. The Balaban J connectivity index is 1.97. The Morgan fingerprint density at radius 3 is 2.50 bits per heavy atom. The Hall–Kier alpha value is -0.550. The van der Waals surface area contributed by atoms with Gasteiger partial charge in [-0.25, -0.2) is 0 Å². The van der Waals surface area contributed by atoms with Gasteiger partial charge in [0.2, 0.25) is 0 Å². The maximum atomic E-state index is 10.3. The number of hydrogen-bond acceptors (Lipinski definition) is 2. The van der Waals surface area contributed by atoms with Crippen LogP contribution in [0.15, 0.2) is 45.3 Å². The lowest BCUT2D eigenvalue weighted by Crippen LogP contribution is -2.19. The van der Waals surface area contributed by atoms with E-state index in [0.717, 1.165) is 20.1 Å². The van der Waals surface area contributed by atoms with Gasteiger partial charge < -0.3 is 9.84 Å². The molecule has 0 radical (unpaired) electrons. The summed E-state index contributed by atoms with van der Waals surface area (Å²) in [4.78, 5) is 0. The van der Waals surface area contributed by atoms with Gasteiger partial charge in [-0.15, -0.1) is 0 Å². The molecule has 2 nitrogen and oxygen atoms in total. The number of fused-ring (bicyclic) bond motifs is 1. The van der Waals surface area contributed by atoms with Crippen LogP contribution in [-0.4, -0.2) is 5.11 Å². The van der Waals surface area contributed by atoms with Gasteiger partial charge in [0.15, 0.2) is 0 Å². The Morgan fingerprint density at radius 1 is 1.05 bits per heavy atom. The van der Waals surface area contributed by atoms with Crippen LogP contribution in [0.2, 0.25) is 5.02 Å². The number of aliphatic hydroxyl groups is 1. The molecule has 0 fully saturated rings. The molecule has 3 rings (SSSR count). The van der Waals surface area contributed by atoms with Crippen molar-refractivity contribution in [2.24, 2.45) is 0 Å². The van der Waals surface area contributed by atoms with Gasteiger partial charge in [-0.05, 0) is 30.3 Å². The van der Waals surface area contributed by atoms with Crippen molar-refractivity contribution in [3.63, 3.8) is 0 Å². The van der Waals surface area contributed by atoms with Crippen LogP contribution in [0.1, 0.15) is 29.8 Å². The van der Waals surface area contributed by atoms with E-state index in [1.54, 1.807) is 0 Å². The summed E-state index contributed by atoms with van der Waals surface area (Å²) in [6.45, 7) is 0. The van der Waals surface area contributed by atoms with Crippen LogP contribution in [0, 0.1) is 0 Å². The summed E-state index contributed by atoms with van der Waals surface area (Å²) in [5.41, 5.74) is 1.70. The molecule has 1 aliphatic rings. The second-order valence-electron chi connectivity index (χ2n) is 4.71. The van der Waals surface area contributed by atoms with Crippen molar-refractivity contribution < 1.29 is 9.84 Å². The fourth-order valence-electron chi connectivity index (χ4n) is 2.37.